The first kappa shape index (κ1) is 10.2. The number of hydrogen-bond acceptors (Lipinski definition) is 2. The van der Waals surface area contributed by atoms with Crippen LogP contribution in [0, 0.1) is 5.92 Å². The molecule has 74 valence electrons. The van der Waals surface area contributed by atoms with Gasteiger partial charge in [0.15, 0.2) is 5.78 Å². The van der Waals surface area contributed by atoms with Crippen molar-refractivity contribution in [1.82, 2.24) is 5.32 Å². The summed E-state index contributed by atoms with van der Waals surface area (Å²) in [5.41, 5.74) is 0. The lowest BCUT2D eigenvalue weighted by atomic mass is 9.84. The lowest BCUT2D eigenvalue weighted by molar-refractivity contribution is -0.127. The van der Waals surface area contributed by atoms with E-state index in [1.807, 2.05) is 0 Å². The van der Waals surface area contributed by atoms with Crippen LogP contribution in [0.1, 0.15) is 39.0 Å². The fourth-order valence-corrected chi connectivity index (χ4v) is 1.92. The van der Waals surface area contributed by atoms with Gasteiger partial charge in [0.25, 0.3) is 0 Å². The largest absolute Gasteiger partial charge is 0.349 e. The predicted octanol–water partition coefficient (Wildman–Crippen LogP) is 1.27. The van der Waals surface area contributed by atoms with E-state index >= 15 is 0 Å². The van der Waals surface area contributed by atoms with Crippen LogP contribution >= 0.6 is 0 Å². The van der Waals surface area contributed by atoms with Gasteiger partial charge in [0.2, 0.25) is 6.41 Å². The Morgan fingerprint density at radius 1 is 1.38 bits per heavy atom. The molecule has 1 aliphatic carbocycles. The lowest BCUT2D eigenvalue weighted by Crippen LogP contribution is -2.37. The highest BCUT2D eigenvalue weighted by Crippen LogP contribution is 2.25. The summed E-state index contributed by atoms with van der Waals surface area (Å²) in [6.45, 7) is 1.76. The quantitative estimate of drug-likeness (QED) is 0.667. The average Bonchev–Trinajstić information content (AvgIpc) is 2.18. The molecule has 0 unspecified atom stereocenters. The molecule has 0 bridgehead atoms. The summed E-state index contributed by atoms with van der Waals surface area (Å²) in [5, 5.41) is 2.51. The fourth-order valence-electron chi connectivity index (χ4n) is 1.92. The fraction of sp³-hybridized carbons (Fsp3) is 0.800. The van der Waals surface area contributed by atoms with E-state index in [0.29, 0.717) is 6.41 Å². The first-order valence-corrected chi connectivity index (χ1v) is 4.99. The Bertz CT molecular complexity index is 185. The van der Waals surface area contributed by atoms with Crippen LogP contribution in [0.5, 0.6) is 0 Å². The molecule has 1 aliphatic rings. The maximum Gasteiger partial charge on any atom is 0.207 e. The van der Waals surface area contributed by atoms with Crippen molar-refractivity contribution in [3.8, 4) is 0 Å². The highest BCUT2D eigenvalue weighted by atomic mass is 16.1. The van der Waals surface area contributed by atoms with E-state index in [1.54, 1.807) is 6.92 Å². The van der Waals surface area contributed by atoms with Crippen molar-refractivity contribution in [3.05, 3.63) is 0 Å². The van der Waals surface area contributed by atoms with Gasteiger partial charge in [-0.3, -0.25) is 9.59 Å². The van der Waals surface area contributed by atoms with Crippen molar-refractivity contribution in [2.45, 2.75) is 45.1 Å². The Kier molecular flexibility index (Phi) is 3.93. The van der Waals surface area contributed by atoms with Crippen molar-refractivity contribution < 1.29 is 9.59 Å². The molecule has 0 aromatic rings. The summed E-state index contributed by atoms with van der Waals surface area (Å²) in [6.07, 6.45) is 6.17. The second kappa shape index (κ2) is 5.00. The van der Waals surface area contributed by atoms with Crippen LogP contribution in [0.2, 0.25) is 0 Å². The summed E-state index contributed by atoms with van der Waals surface area (Å²) in [7, 11) is 0. The molecule has 0 aromatic heterocycles. The van der Waals surface area contributed by atoms with E-state index in [9.17, 15) is 9.59 Å². The van der Waals surface area contributed by atoms with Gasteiger partial charge in [0.1, 0.15) is 0 Å². The van der Waals surface area contributed by atoms with Gasteiger partial charge in [-0.1, -0.05) is 19.3 Å². The van der Waals surface area contributed by atoms with Crippen LogP contribution in [0.25, 0.3) is 0 Å². The number of carbonyl (C=O) groups is 2. The zero-order chi connectivity index (χ0) is 9.68. The predicted molar refractivity (Wildman–Crippen MR) is 50.2 cm³/mol. The van der Waals surface area contributed by atoms with E-state index in [0.717, 1.165) is 25.7 Å². The highest BCUT2D eigenvalue weighted by Gasteiger charge is 2.24. The van der Waals surface area contributed by atoms with Gasteiger partial charge in [0, 0.05) is 5.92 Å². The van der Waals surface area contributed by atoms with E-state index in [-0.39, 0.29) is 17.7 Å². The van der Waals surface area contributed by atoms with E-state index in [2.05, 4.69) is 5.32 Å². The molecule has 1 atom stereocenters. The highest BCUT2D eigenvalue weighted by molar-refractivity contribution is 5.87. The number of Topliss-reactive ketones (excluding diaryl/α,β-unsaturated/α-hetero) is 1. The van der Waals surface area contributed by atoms with Crippen LogP contribution in [-0.4, -0.2) is 18.2 Å². The number of carbonyl (C=O) groups excluding carboxylic acids is 2. The summed E-state index contributed by atoms with van der Waals surface area (Å²) in [4.78, 5) is 21.8. The van der Waals surface area contributed by atoms with Crippen molar-refractivity contribution in [3.63, 3.8) is 0 Å². The number of nitrogens with one attached hydrogen (secondary N) is 1. The topological polar surface area (TPSA) is 46.2 Å². The zero-order valence-corrected chi connectivity index (χ0v) is 8.08. The first-order chi connectivity index (χ1) is 6.25. The van der Waals surface area contributed by atoms with E-state index < -0.39 is 0 Å². The van der Waals surface area contributed by atoms with Gasteiger partial charge < -0.3 is 5.32 Å². The summed E-state index contributed by atoms with van der Waals surface area (Å²) in [5.74, 6) is 0.392. The van der Waals surface area contributed by atoms with E-state index in [1.165, 1.54) is 6.42 Å². The van der Waals surface area contributed by atoms with Crippen LogP contribution in [-0.2, 0) is 9.59 Å². The standard InChI is InChI=1S/C10H17NO2/c1-8(11-7-12)10(13)9-5-3-2-4-6-9/h7-9H,2-6H2,1H3,(H,11,12)/t8-/m0/s1. The second-order valence-corrected chi connectivity index (χ2v) is 3.74. The average molecular weight is 183 g/mol. The molecule has 3 nitrogen and oxygen atoms in total. The second-order valence-electron chi connectivity index (χ2n) is 3.74. The Balaban J connectivity index is 2.40. The maximum atomic E-state index is 11.7. The van der Waals surface area contributed by atoms with Crippen molar-refractivity contribution in [2.75, 3.05) is 0 Å². The Hall–Kier alpha value is -0.860. The third-order valence-corrected chi connectivity index (χ3v) is 2.75. The van der Waals surface area contributed by atoms with E-state index in [4.69, 9.17) is 0 Å². The smallest absolute Gasteiger partial charge is 0.207 e. The van der Waals surface area contributed by atoms with Crippen LogP contribution < -0.4 is 5.32 Å². The van der Waals surface area contributed by atoms with Gasteiger partial charge in [0.05, 0.1) is 6.04 Å². The first-order valence-electron chi connectivity index (χ1n) is 4.99. The molecule has 1 rings (SSSR count). The summed E-state index contributed by atoms with van der Waals surface area (Å²) < 4.78 is 0. The molecule has 13 heavy (non-hydrogen) atoms. The Morgan fingerprint density at radius 2 is 2.00 bits per heavy atom. The van der Waals surface area contributed by atoms with Gasteiger partial charge in [-0.25, -0.2) is 0 Å². The van der Waals surface area contributed by atoms with Crippen molar-refractivity contribution >= 4 is 12.2 Å². The minimum Gasteiger partial charge on any atom is -0.349 e. The lowest BCUT2D eigenvalue weighted by Gasteiger charge is -2.22. The molecule has 1 amide bonds. The molecule has 0 spiro atoms. The SMILES string of the molecule is C[C@H](NC=O)C(=O)C1CCCCC1. The van der Waals surface area contributed by atoms with Crippen molar-refractivity contribution in [2.24, 2.45) is 5.92 Å². The van der Waals surface area contributed by atoms with Crippen LogP contribution in [0.15, 0.2) is 0 Å². The number of rotatable bonds is 4. The van der Waals surface area contributed by atoms with Crippen LogP contribution in [0.3, 0.4) is 0 Å². The molecule has 0 aliphatic heterocycles. The minimum atomic E-state index is -0.305. The van der Waals surface area contributed by atoms with Crippen LogP contribution in [0.4, 0.5) is 0 Å². The van der Waals surface area contributed by atoms with Gasteiger partial charge in [-0.2, -0.15) is 0 Å². The Labute approximate surface area is 78.9 Å². The molecule has 0 aromatic carbocycles. The molecule has 3 heteroatoms. The molecule has 1 saturated carbocycles. The summed E-state index contributed by atoms with van der Waals surface area (Å²) in [6, 6.07) is -0.305. The molecule has 1 N–H and O–H groups in total. The molecular formula is C10H17NO2. The van der Waals surface area contributed by atoms with Gasteiger partial charge in [-0.15, -0.1) is 0 Å². The monoisotopic (exact) mass is 183 g/mol. The molecule has 1 fully saturated rings. The normalized spacial score (nSPS) is 20.7. The number of amides is 1. The summed E-state index contributed by atoms with van der Waals surface area (Å²) >= 11 is 0. The van der Waals surface area contributed by atoms with Gasteiger partial charge in [-0.05, 0) is 19.8 Å². The molecule has 0 saturated heterocycles. The van der Waals surface area contributed by atoms with Gasteiger partial charge >= 0.3 is 0 Å². The Morgan fingerprint density at radius 3 is 2.54 bits per heavy atom. The number of hydrogen-bond donors (Lipinski definition) is 1. The molecule has 0 heterocycles. The van der Waals surface area contributed by atoms with Crippen molar-refractivity contribution in [1.29, 1.82) is 0 Å². The number of ketones is 1. The molecule has 0 radical (unpaired) electrons. The molecular weight excluding hydrogens is 166 g/mol. The third kappa shape index (κ3) is 2.83. The third-order valence-electron chi connectivity index (χ3n) is 2.75. The minimum absolute atomic E-state index is 0.191. The maximum absolute atomic E-state index is 11.7. The zero-order valence-electron chi connectivity index (χ0n) is 8.08.